The van der Waals surface area contributed by atoms with Gasteiger partial charge < -0.3 is 35.7 Å². The van der Waals surface area contributed by atoms with Gasteiger partial charge in [0.2, 0.25) is 0 Å². The predicted octanol–water partition coefficient (Wildman–Crippen LogP) is 4.82. The Balaban J connectivity index is 1.20. The Hall–Kier alpha value is -5.73. The van der Waals surface area contributed by atoms with Gasteiger partial charge in [-0.3, -0.25) is 14.4 Å². The minimum Gasteiger partial charge on any atom is -0.508 e. The summed E-state index contributed by atoms with van der Waals surface area (Å²) in [7, 11) is 0. The van der Waals surface area contributed by atoms with Gasteiger partial charge in [-0.15, -0.1) is 0 Å². The SMILES string of the molecule is CC1(C)OCC(COc2cccc(C(=O)c3cnn(C4(n5ncc(C(=O)c6cccc(O)c6)c5N)C=C(C(=O)N(C5CC5)C5CC5)C=CC4(C)C)c3N)c2)O1. The number of hydrogen-bond acceptors (Lipinski definition) is 11. The van der Waals surface area contributed by atoms with Crippen LogP contribution in [0.4, 0.5) is 11.6 Å². The number of allylic oxidation sites excluding steroid dienone is 2. The first-order valence-electron chi connectivity index (χ1n) is 18.5. The van der Waals surface area contributed by atoms with Crippen LogP contribution in [0.1, 0.15) is 85.2 Å². The molecular weight excluding hydrogens is 702 g/mol. The van der Waals surface area contributed by atoms with Crippen molar-refractivity contribution in [2.24, 2.45) is 5.41 Å². The summed E-state index contributed by atoms with van der Waals surface area (Å²) in [6.07, 6.45) is 11.7. The molecule has 4 aromatic rings. The van der Waals surface area contributed by atoms with E-state index in [1.165, 1.54) is 33.9 Å². The standard InChI is InChI=1S/C41H45N7O7/c1-39(2)16-15-26(38(52)46(27-11-12-27)28-13-14-28)19-41(39,47-36(42)32(20-44-47)34(50)24-7-5-9-29(49)17-24)48-37(43)33(21-45-48)35(51)25-8-6-10-30(18-25)53-22-31-23-54-40(3,4)55-31/h5-10,15-21,27-28,31,49H,11-14,22-23,42-43H2,1-4H3. The number of phenols is 1. The predicted molar refractivity (Wildman–Crippen MR) is 202 cm³/mol. The van der Waals surface area contributed by atoms with Crippen LogP contribution in [0.25, 0.3) is 0 Å². The zero-order valence-corrected chi connectivity index (χ0v) is 31.3. The molecule has 3 aliphatic carbocycles. The molecule has 3 fully saturated rings. The highest BCUT2D eigenvalue weighted by Gasteiger charge is 2.53. The summed E-state index contributed by atoms with van der Waals surface area (Å²) >= 11 is 0. The fourth-order valence-electron chi connectivity index (χ4n) is 7.58. The van der Waals surface area contributed by atoms with Crippen molar-refractivity contribution < 1.29 is 33.7 Å². The molecule has 55 heavy (non-hydrogen) atoms. The molecule has 2 aromatic heterocycles. The van der Waals surface area contributed by atoms with Crippen LogP contribution in [-0.4, -0.2) is 84.2 Å². The Morgan fingerprint density at radius 1 is 0.891 bits per heavy atom. The van der Waals surface area contributed by atoms with Gasteiger partial charge in [0, 0.05) is 34.2 Å². The van der Waals surface area contributed by atoms with Crippen LogP contribution in [0, 0.1) is 5.41 Å². The monoisotopic (exact) mass is 747 g/mol. The van der Waals surface area contributed by atoms with Crippen molar-refractivity contribution in [1.29, 1.82) is 0 Å². The molecule has 286 valence electrons. The molecule has 2 saturated carbocycles. The fraction of sp³-hybridized carbons (Fsp3) is 0.390. The third kappa shape index (κ3) is 6.48. The number of anilines is 2. The number of carbonyl (C=O) groups excluding carboxylic acids is 3. The second-order valence-electron chi connectivity index (χ2n) is 15.8. The number of aromatic nitrogens is 4. The number of amides is 1. The van der Waals surface area contributed by atoms with Gasteiger partial charge in [-0.25, -0.2) is 9.36 Å². The van der Waals surface area contributed by atoms with Crippen molar-refractivity contribution in [3.8, 4) is 11.5 Å². The topological polar surface area (TPSA) is 190 Å². The van der Waals surface area contributed by atoms with E-state index in [9.17, 15) is 19.5 Å². The van der Waals surface area contributed by atoms with Gasteiger partial charge in [-0.1, -0.05) is 50.3 Å². The first kappa shape index (κ1) is 36.3. The fourth-order valence-corrected chi connectivity index (χ4v) is 7.58. The summed E-state index contributed by atoms with van der Waals surface area (Å²) in [5, 5.41) is 19.5. The van der Waals surface area contributed by atoms with Crippen molar-refractivity contribution in [3.63, 3.8) is 0 Å². The lowest BCUT2D eigenvalue weighted by Gasteiger charge is -2.46. The average molecular weight is 748 g/mol. The van der Waals surface area contributed by atoms with Crippen molar-refractivity contribution in [2.45, 2.75) is 83.0 Å². The van der Waals surface area contributed by atoms with Gasteiger partial charge >= 0.3 is 0 Å². The first-order valence-corrected chi connectivity index (χ1v) is 18.5. The van der Waals surface area contributed by atoms with Gasteiger partial charge in [0.15, 0.2) is 23.0 Å². The molecule has 1 amide bonds. The molecule has 8 rings (SSSR count). The number of nitrogen functional groups attached to an aromatic ring is 2. The minimum absolute atomic E-state index is 0.00141. The third-order valence-electron chi connectivity index (χ3n) is 10.8. The van der Waals surface area contributed by atoms with Gasteiger partial charge in [0.25, 0.3) is 5.91 Å². The molecule has 14 nitrogen and oxygen atoms in total. The maximum Gasteiger partial charge on any atom is 0.254 e. The number of hydrogen-bond donors (Lipinski definition) is 3. The van der Waals surface area contributed by atoms with Crippen molar-refractivity contribution in [3.05, 3.63) is 107 Å². The van der Waals surface area contributed by atoms with Crippen molar-refractivity contribution in [1.82, 2.24) is 24.5 Å². The number of aromatic hydroxyl groups is 1. The summed E-state index contributed by atoms with van der Waals surface area (Å²) in [4.78, 5) is 44.3. The molecule has 1 saturated heterocycles. The Kier molecular flexibility index (Phi) is 8.73. The second-order valence-corrected chi connectivity index (χ2v) is 15.8. The Morgan fingerprint density at radius 3 is 2.02 bits per heavy atom. The maximum absolute atomic E-state index is 14.3. The number of rotatable bonds is 12. The molecule has 2 aromatic carbocycles. The molecule has 2 atom stereocenters. The lowest BCUT2D eigenvalue weighted by atomic mass is 9.73. The first-order chi connectivity index (χ1) is 26.2. The molecule has 4 aliphatic rings. The number of ether oxygens (including phenoxy) is 3. The van der Waals surface area contributed by atoms with Crippen LogP contribution in [0.3, 0.4) is 0 Å². The van der Waals surface area contributed by atoms with E-state index in [0.717, 1.165) is 25.7 Å². The normalized spacial score (nSPS) is 22.6. The summed E-state index contributed by atoms with van der Waals surface area (Å²) < 4.78 is 20.4. The Morgan fingerprint density at radius 2 is 1.47 bits per heavy atom. The highest BCUT2D eigenvalue weighted by molar-refractivity contribution is 6.12. The van der Waals surface area contributed by atoms with Crippen LogP contribution in [0.2, 0.25) is 0 Å². The molecule has 14 heteroatoms. The van der Waals surface area contributed by atoms with Gasteiger partial charge in [-0.05, 0) is 69.9 Å². The van der Waals surface area contributed by atoms with E-state index in [-0.39, 0.29) is 64.8 Å². The highest BCUT2D eigenvalue weighted by Crippen LogP contribution is 2.49. The van der Waals surface area contributed by atoms with Gasteiger partial charge in [0.1, 0.15) is 35.8 Å². The molecule has 2 unspecified atom stereocenters. The van der Waals surface area contributed by atoms with Gasteiger partial charge in [-0.2, -0.15) is 10.2 Å². The number of nitrogens with two attached hydrogens (primary N) is 2. The van der Waals surface area contributed by atoms with Crippen LogP contribution >= 0.6 is 0 Å². The summed E-state index contributed by atoms with van der Waals surface area (Å²) in [5.74, 6) is -1.31. The lowest BCUT2D eigenvalue weighted by molar-refractivity contribution is -0.141. The second kappa shape index (κ2) is 13.2. The van der Waals surface area contributed by atoms with E-state index in [1.807, 2.05) is 38.7 Å². The van der Waals surface area contributed by atoms with E-state index in [1.54, 1.807) is 48.6 Å². The summed E-state index contributed by atoms with van der Waals surface area (Å²) in [6, 6.07) is 13.1. The van der Waals surface area contributed by atoms with Gasteiger partial charge in [0.05, 0.1) is 30.1 Å². The largest absolute Gasteiger partial charge is 0.508 e. The molecular formula is C41H45N7O7. The number of benzene rings is 2. The third-order valence-corrected chi connectivity index (χ3v) is 10.8. The van der Waals surface area contributed by atoms with E-state index in [4.69, 9.17) is 30.8 Å². The minimum atomic E-state index is -1.56. The zero-order valence-electron chi connectivity index (χ0n) is 31.3. The molecule has 0 radical (unpaired) electrons. The Bertz CT molecular complexity index is 2250. The number of phenolic OH excluding ortho intramolecular Hbond substituents is 1. The summed E-state index contributed by atoms with van der Waals surface area (Å²) in [5.41, 5.74) is 12.4. The van der Waals surface area contributed by atoms with Crippen LogP contribution in [-0.2, 0) is 19.9 Å². The van der Waals surface area contributed by atoms with Crippen LogP contribution < -0.4 is 16.2 Å². The number of ketones is 2. The molecule has 1 aliphatic heterocycles. The highest BCUT2D eigenvalue weighted by atomic mass is 16.7. The van der Waals surface area contributed by atoms with Crippen molar-refractivity contribution >= 4 is 29.1 Å². The molecule has 0 bridgehead atoms. The number of carbonyl (C=O) groups is 3. The van der Waals surface area contributed by atoms with E-state index >= 15 is 0 Å². The van der Waals surface area contributed by atoms with Crippen molar-refractivity contribution in [2.75, 3.05) is 24.7 Å². The maximum atomic E-state index is 14.3. The molecule has 3 heterocycles. The lowest BCUT2D eigenvalue weighted by Crippen LogP contribution is -2.54. The average Bonchev–Trinajstić information content (AvgIpc) is 4.07. The van der Waals surface area contributed by atoms with Crippen LogP contribution in [0.5, 0.6) is 11.5 Å². The van der Waals surface area contributed by atoms with Crippen LogP contribution in [0.15, 0.2) is 84.7 Å². The number of nitrogens with zero attached hydrogens (tertiary/aromatic N) is 5. The van der Waals surface area contributed by atoms with E-state index in [0.29, 0.717) is 23.5 Å². The van der Waals surface area contributed by atoms with E-state index < -0.39 is 28.4 Å². The quantitative estimate of drug-likeness (QED) is 0.169. The summed E-state index contributed by atoms with van der Waals surface area (Å²) in [6.45, 7) is 8.15. The van der Waals surface area contributed by atoms with E-state index in [2.05, 4.69) is 5.10 Å². The zero-order chi connectivity index (χ0) is 38.9. The smallest absolute Gasteiger partial charge is 0.254 e. The molecule has 5 N–H and O–H groups in total. The molecule has 0 spiro atoms. The Labute approximate surface area is 318 Å².